The molecule has 0 aliphatic carbocycles. The number of benzene rings is 1. The molecule has 1 aliphatic heterocycles. The van der Waals surface area contributed by atoms with Gasteiger partial charge in [0.1, 0.15) is 10.1 Å². The Morgan fingerprint density at radius 2 is 1.86 bits per heavy atom. The van der Waals surface area contributed by atoms with Gasteiger partial charge in [-0.3, -0.25) is 0 Å². The maximum absolute atomic E-state index is 10.4. The smallest absolute Gasteiger partial charge is 0.744 e. The van der Waals surface area contributed by atoms with Crippen molar-refractivity contribution in [1.29, 1.82) is 0 Å². The van der Waals surface area contributed by atoms with Crippen molar-refractivity contribution in [2.75, 3.05) is 20.3 Å². The van der Waals surface area contributed by atoms with Crippen LogP contribution >= 0.6 is 0 Å². The normalized spacial score (nSPS) is 13.3. The van der Waals surface area contributed by atoms with E-state index in [0.29, 0.717) is 0 Å². The number of hydrogen-bond acceptors (Lipinski definition) is 5. The third kappa shape index (κ3) is 7.68. The van der Waals surface area contributed by atoms with Crippen molar-refractivity contribution >= 4 is 10.1 Å². The molecule has 0 N–H and O–H groups in total. The summed E-state index contributed by atoms with van der Waals surface area (Å²) in [4.78, 5) is 4.14. The van der Waals surface area contributed by atoms with Crippen molar-refractivity contribution in [3.63, 3.8) is 0 Å². The molecule has 0 aromatic heterocycles. The van der Waals surface area contributed by atoms with Crippen LogP contribution in [-0.4, -0.2) is 43.0 Å². The van der Waals surface area contributed by atoms with Gasteiger partial charge in [0.25, 0.3) is 0 Å². The fourth-order valence-corrected chi connectivity index (χ4v) is 2.05. The van der Waals surface area contributed by atoms with E-state index < -0.39 is 10.1 Å². The first-order valence-electron chi connectivity index (χ1n) is 6.09. The first kappa shape index (κ1) is 20.2. The van der Waals surface area contributed by atoms with Crippen LogP contribution in [0.2, 0.25) is 0 Å². The SMILES string of the molecule is C=CCN1C=CN(C)C1.Cc1ccc(S(=O)(=O)[O-])cc1.[Na+]. The van der Waals surface area contributed by atoms with E-state index in [0.717, 1.165) is 18.8 Å². The molecule has 0 saturated heterocycles. The molecule has 0 amide bonds. The van der Waals surface area contributed by atoms with Crippen LogP contribution in [0, 0.1) is 6.92 Å². The zero-order chi connectivity index (χ0) is 15.2. The summed E-state index contributed by atoms with van der Waals surface area (Å²) in [5.41, 5.74) is 0.928. The van der Waals surface area contributed by atoms with Gasteiger partial charge in [-0.05, 0) is 19.1 Å². The van der Waals surface area contributed by atoms with Crippen LogP contribution in [0.1, 0.15) is 5.56 Å². The summed E-state index contributed by atoms with van der Waals surface area (Å²) in [6, 6.07) is 5.78. The monoisotopic (exact) mass is 318 g/mol. The first-order valence-corrected chi connectivity index (χ1v) is 7.50. The van der Waals surface area contributed by atoms with E-state index in [1.54, 1.807) is 12.1 Å². The topological polar surface area (TPSA) is 63.7 Å². The fourth-order valence-electron chi connectivity index (χ4n) is 1.58. The maximum Gasteiger partial charge on any atom is 1.00 e. The van der Waals surface area contributed by atoms with Crippen molar-refractivity contribution in [3.8, 4) is 0 Å². The van der Waals surface area contributed by atoms with Crippen LogP contribution in [0.4, 0.5) is 0 Å². The minimum atomic E-state index is -4.27. The van der Waals surface area contributed by atoms with Gasteiger partial charge in [0.2, 0.25) is 0 Å². The third-order valence-corrected chi connectivity index (χ3v) is 3.46. The number of hydrogen-bond donors (Lipinski definition) is 0. The summed E-state index contributed by atoms with van der Waals surface area (Å²) in [6.45, 7) is 7.41. The molecule has 1 aliphatic rings. The van der Waals surface area contributed by atoms with Crippen molar-refractivity contribution in [1.82, 2.24) is 9.80 Å². The van der Waals surface area contributed by atoms with Crippen LogP contribution in [0.3, 0.4) is 0 Å². The van der Waals surface area contributed by atoms with E-state index >= 15 is 0 Å². The molecular formula is C14H19N2NaO3S. The molecule has 7 heteroatoms. The average molecular weight is 318 g/mol. The first-order chi connectivity index (χ1) is 9.32. The Hall–Kier alpha value is -0.790. The third-order valence-electron chi connectivity index (χ3n) is 2.61. The molecule has 2 rings (SSSR count). The summed E-state index contributed by atoms with van der Waals surface area (Å²) >= 11 is 0. The molecule has 110 valence electrons. The molecule has 0 spiro atoms. The van der Waals surface area contributed by atoms with Crippen LogP contribution in [0.5, 0.6) is 0 Å². The molecule has 1 aromatic rings. The molecule has 21 heavy (non-hydrogen) atoms. The molecule has 0 unspecified atom stereocenters. The summed E-state index contributed by atoms with van der Waals surface area (Å²) in [5.74, 6) is 0. The fraction of sp³-hybridized carbons (Fsp3) is 0.286. The Kier molecular flexibility index (Phi) is 8.92. The Morgan fingerprint density at radius 1 is 1.29 bits per heavy atom. The van der Waals surface area contributed by atoms with Crippen molar-refractivity contribution < 1.29 is 42.5 Å². The number of aryl methyl sites for hydroxylation is 1. The van der Waals surface area contributed by atoms with Gasteiger partial charge in [-0.25, -0.2) is 8.42 Å². The van der Waals surface area contributed by atoms with Gasteiger partial charge in [0, 0.05) is 26.0 Å². The quantitative estimate of drug-likeness (QED) is 0.396. The molecule has 5 nitrogen and oxygen atoms in total. The number of nitrogens with zero attached hydrogens (tertiary/aromatic N) is 2. The van der Waals surface area contributed by atoms with E-state index in [1.807, 2.05) is 13.0 Å². The van der Waals surface area contributed by atoms with Crippen LogP contribution in [-0.2, 0) is 10.1 Å². The van der Waals surface area contributed by atoms with Crippen LogP contribution in [0.15, 0.2) is 54.2 Å². The molecule has 1 heterocycles. The van der Waals surface area contributed by atoms with E-state index in [2.05, 4.69) is 35.8 Å². The molecule has 0 saturated carbocycles. The summed E-state index contributed by atoms with van der Waals surface area (Å²) in [5, 5.41) is 0. The zero-order valence-corrected chi connectivity index (χ0v) is 15.5. The summed E-state index contributed by atoms with van der Waals surface area (Å²) < 4.78 is 31.2. The predicted octanol–water partition coefficient (Wildman–Crippen LogP) is -1.25. The Labute approximate surface area is 149 Å². The van der Waals surface area contributed by atoms with E-state index in [-0.39, 0.29) is 34.5 Å². The van der Waals surface area contributed by atoms with Crippen molar-refractivity contribution in [3.05, 3.63) is 54.9 Å². The second-order valence-corrected chi connectivity index (χ2v) is 5.90. The Balaban J connectivity index is 0.000000370. The maximum atomic E-state index is 10.4. The minimum Gasteiger partial charge on any atom is -0.744 e. The van der Waals surface area contributed by atoms with Gasteiger partial charge < -0.3 is 14.4 Å². The Bertz CT molecular complexity index is 570. The van der Waals surface area contributed by atoms with E-state index in [1.165, 1.54) is 12.1 Å². The molecular weight excluding hydrogens is 299 g/mol. The molecule has 0 atom stereocenters. The van der Waals surface area contributed by atoms with Crippen LogP contribution < -0.4 is 29.6 Å². The van der Waals surface area contributed by atoms with Crippen molar-refractivity contribution in [2.24, 2.45) is 0 Å². The average Bonchev–Trinajstić information content (AvgIpc) is 2.76. The molecule has 0 bridgehead atoms. The van der Waals surface area contributed by atoms with E-state index in [9.17, 15) is 13.0 Å². The second kappa shape index (κ2) is 9.27. The van der Waals surface area contributed by atoms with Crippen molar-refractivity contribution in [2.45, 2.75) is 11.8 Å². The number of rotatable bonds is 3. The molecule has 1 aromatic carbocycles. The summed E-state index contributed by atoms with van der Waals surface area (Å²) in [6.07, 6.45) is 6.04. The van der Waals surface area contributed by atoms with Gasteiger partial charge in [-0.2, -0.15) is 0 Å². The largest absolute Gasteiger partial charge is 1.00 e. The predicted molar refractivity (Wildman–Crippen MR) is 77.8 cm³/mol. The van der Waals surface area contributed by atoms with Crippen LogP contribution in [0.25, 0.3) is 0 Å². The van der Waals surface area contributed by atoms with Gasteiger partial charge in [0.05, 0.1) is 11.6 Å². The van der Waals surface area contributed by atoms with Gasteiger partial charge in [-0.15, -0.1) is 6.58 Å². The minimum absolute atomic E-state index is 0. The van der Waals surface area contributed by atoms with Gasteiger partial charge in [-0.1, -0.05) is 23.8 Å². The second-order valence-electron chi connectivity index (χ2n) is 4.52. The molecule has 0 fully saturated rings. The van der Waals surface area contributed by atoms with E-state index in [4.69, 9.17) is 0 Å². The Morgan fingerprint density at radius 3 is 2.24 bits per heavy atom. The zero-order valence-electron chi connectivity index (χ0n) is 12.7. The van der Waals surface area contributed by atoms with Gasteiger partial charge >= 0.3 is 29.6 Å². The standard InChI is InChI=1S/C7H12N2.C7H8O3S.Na/c1-3-4-9-6-5-8(2)7-9;1-6-2-4-7(5-3-6)11(8,9)10;/h3,5-6H,1,4,7H2,2H3;2-5H,1H3,(H,8,9,10);/q;;+1/p-1. The summed E-state index contributed by atoms with van der Waals surface area (Å²) in [7, 11) is -2.21. The molecule has 0 radical (unpaired) electrons. The van der Waals surface area contributed by atoms with Gasteiger partial charge in [0.15, 0.2) is 0 Å².